The lowest BCUT2D eigenvalue weighted by Crippen LogP contribution is -2.25. The fraction of sp³-hybridized carbons (Fsp3) is 0.167. The minimum absolute atomic E-state index is 0.150. The van der Waals surface area contributed by atoms with E-state index in [4.69, 9.17) is 21.1 Å². The fourth-order valence-electron chi connectivity index (χ4n) is 2.86. The monoisotopic (exact) mass is 438 g/mol. The summed E-state index contributed by atoms with van der Waals surface area (Å²) in [5.74, 6) is 0.678. The third-order valence-corrected chi connectivity index (χ3v) is 4.66. The largest absolute Gasteiger partial charge is 0.497 e. The molecule has 160 valence electrons. The van der Waals surface area contributed by atoms with E-state index in [-0.39, 0.29) is 18.4 Å². The quantitative estimate of drug-likeness (QED) is 0.521. The van der Waals surface area contributed by atoms with Crippen LogP contribution in [0.25, 0.3) is 0 Å². The third-order valence-electron chi connectivity index (χ3n) is 4.43. The van der Waals surface area contributed by atoms with E-state index in [1.807, 2.05) is 24.3 Å². The minimum atomic E-state index is -0.295. The predicted octanol–water partition coefficient (Wildman–Crippen LogP) is 4.34. The van der Waals surface area contributed by atoms with Crippen molar-refractivity contribution in [2.45, 2.75) is 6.42 Å². The van der Waals surface area contributed by atoms with Crippen LogP contribution in [-0.4, -0.2) is 32.1 Å². The average Bonchev–Trinajstić information content (AvgIpc) is 2.78. The van der Waals surface area contributed by atoms with Gasteiger partial charge in [0.05, 0.1) is 7.11 Å². The lowest BCUT2D eigenvalue weighted by atomic mass is 10.1. The summed E-state index contributed by atoms with van der Waals surface area (Å²) in [4.78, 5) is 24.3. The number of methoxy groups -OCH3 is 1. The van der Waals surface area contributed by atoms with Crippen LogP contribution in [0, 0.1) is 0 Å². The molecule has 6 nitrogen and oxygen atoms in total. The highest BCUT2D eigenvalue weighted by Gasteiger charge is 2.08. The van der Waals surface area contributed by atoms with Gasteiger partial charge in [-0.25, -0.2) is 0 Å². The maximum atomic E-state index is 12.3. The van der Waals surface area contributed by atoms with Crippen molar-refractivity contribution in [2.24, 2.45) is 0 Å². The van der Waals surface area contributed by atoms with E-state index in [9.17, 15) is 9.59 Å². The summed E-state index contributed by atoms with van der Waals surface area (Å²) in [6, 6.07) is 21.2. The van der Waals surface area contributed by atoms with Gasteiger partial charge in [-0.1, -0.05) is 29.8 Å². The molecular weight excluding hydrogens is 416 g/mol. The normalized spacial score (nSPS) is 10.3. The third kappa shape index (κ3) is 7.04. The number of carbonyl (C=O) groups excluding carboxylic acids is 2. The molecule has 0 bridgehead atoms. The van der Waals surface area contributed by atoms with Crippen LogP contribution < -0.4 is 20.1 Å². The maximum Gasteiger partial charge on any atom is 0.262 e. The molecule has 0 aliphatic rings. The van der Waals surface area contributed by atoms with Crippen molar-refractivity contribution in [3.8, 4) is 11.5 Å². The number of nitrogens with one attached hydrogen (secondary N) is 2. The molecule has 0 saturated carbocycles. The Morgan fingerprint density at radius 3 is 2.45 bits per heavy atom. The van der Waals surface area contributed by atoms with Crippen molar-refractivity contribution in [2.75, 3.05) is 25.6 Å². The van der Waals surface area contributed by atoms with Gasteiger partial charge in [0.15, 0.2) is 6.61 Å². The van der Waals surface area contributed by atoms with E-state index in [0.29, 0.717) is 40.7 Å². The summed E-state index contributed by atoms with van der Waals surface area (Å²) in [5.41, 5.74) is 2.20. The zero-order valence-electron chi connectivity index (χ0n) is 17.1. The van der Waals surface area contributed by atoms with Gasteiger partial charge in [-0.05, 0) is 60.5 Å². The molecule has 0 saturated heterocycles. The van der Waals surface area contributed by atoms with Crippen molar-refractivity contribution >= 4 is 29.1 Å². The van der Waals surface area contributed by atoms with Crippen LogP contribution in [-0.2, 0) is 11.2 Å². The summed E-state index contributed by atoms with van der Waals surface area (Å²) in [6.45, 7) is 0.351. The fourth-order valence-corrected chi connectivity index (χ4v) is 3.08. The molecule has 0 spiro atoms. The lowest BCUT2D eigenvalue weighted by Gasteiger charge is -2.09. The highest BCUT2D eigenvalue weighted by Crippen LogP contribution is 2.17. The Labute approximate surface area is 186 Å². The van der Waals surface area contributed by atoms with Gasteiger partial charge in [0.25, 0.3) is 11.8 Å². The van der Waals surface area contributed by atoms with Gasteiger partial charge in [0.2, 0.25) is 0 Å². The van der Waals surface area contributed by atoms with Crippen LogP contribution in [0.3, 0.4) is 0 Å². The molecule has 0 atom stereocenters. The van der Waals surface area contributed by atoms with E-state index >= 15 is 0 Å². The smallest absolute Gasteiger partial charge is 0.262 e. The number of amides is 2. The first-order valence-corrected chi connectivity index (χ1v) is 10.1. The maximum absolute atomic E-state index is 12.3. The molecule has 0 radical (unpaired) electrons. The van der Waals surface area contributed by atoms with Gasteiger partial charge in [-0.2, -0.15) is 0 Å². The molecule has 0 aliphatic heterocycles. The van der Waals surface area contributed by atoms with Crippen LogP contribution in [0.1, 0.15) is 15.9 Å². The second-order valence-corrected chi connectivity index (χ2v) is 7.17. The number of hydrogen-bond acceptors (Lipinski definition) is 4. The zero-order valence-corrected chi connectivity index (χ0v) is 17.8. The lowest BCUT2D eigenvalue weighted by molar-refractivity contribution is -0.118. The van der Waals surface area contributed by atoms with Gasteiger partial charge < -0.3 is 20.1 Å². The molecule has 2 amide bonds. The van der Waals surface area contributed by atoms with Gasteiger partial charge in [-0.3, -0.25) is 9.59 Å². The van der Waals surface area contributed by atoms with Gasteiger partial charge in [0, 0.05) is 28.9 Å². The van der Waals surface area contributed by atoms with Gasteiger partial charge in [0.1, 0.15) is 11.5 Å². The Balaban J connectivity index is 1.43. The molecule has 0 heterocycles. The highest BCUT2D eigenvalue weighted by atomic mass is 35.5. The molecule has 0 fully saturated rings. The summed E-state index contributed by atoms with van der Waals surface area (Å²) in [7, 11) is 1.56. The number of rotatable bonds is 9. The van der Waals surface area contributed by atoms with Gasteiger partial charge in [-0.15, -0.1) is 0 Å². The number of hydrogen-bond donors (Lipinski definition) is 2. The zero-order chi connectivity index (χ0) is 22.1. The van der Waals surface area contributed by atoms with Crippen molar-refractivity contribution in [3.63, 3.8) is 0 Å². The minimum Gasteiger partial charge on any atom is -0.497 e. The molecule has 0 unspecified atom stereocenters. The molecule has 3 aromatic carbocycles. The van der Waals surface area contributed by atoms with Crippen LogP contribution in [0.2, 0.25) is 5.02 Å². The van der Waals surface area contributed by atoms with Crippen LogP contribution in [0.15, 0.2) is 72.8 Å². The average molecular weight is 439 g/mol. The summed E-state index contributed by atoms with van der Waals surface area (Å²) >= 11 is 5.97. The van der Waals surface area contributed by atoms with E-state index in [1.165, 1.54) is 0 Å². The Hall–Kier alpha value is -3.51. The number of carbonyl (C=O) groups is 2. The Kier molecular flexibility index (Phi) is 7.90. The van der Waals surface area contributed by atoms with Crippen molar-refractivity contribution in [1.82, 2.24) is 5.32 Å². The predicted molar refractivity (Wildman–Crippen MR) is 121 cm³/mol. The second-order valence-electron chi connectivity index (χ2n) is 6.73. The number of ether oxygens (including phenoxy) is 2. The van der Waals surface area contributed by atoms with Gasteiger partial charge >= 0.3 is 0 Å². The first-order chi connectivity index (χ1) is 15.0. The molecule has 2 N–H and O–H groups in total. The standard InChI is InChI=1S/C24H23ClN2O4/c1-30-22-7-3-6-20(15-22)27-23(28)16-31-21-10-8-18(9-11-21)24(29)26-13-12-17-4-2-5-19(25)14-17/h2-11,14-15H,12-13,16H2,1H3,(H,26,29)(H,27,28). The van der Waals surface area contributed by atoms with E-state index in [1.54, 1.807) is 55.6 Å². The summed E-state index contributed by atoms with van der Waals surface area (Å²) in [6.07, 6.45) is 0.690. The Morgan fingerprint density at radius 2 is 1.71 bits per heavy atom. The Morgan fingerprint density at radius 1 is 0.935 bits per heavy atom. The molecule has 0 aromatic heterocycles. The van der Waals surface area contributed by atoms with Crippen molar-refractivity contribution in [1.29, 1.82) is 0 Å². The number of anilines is 1. The number of halogens is 1. The number of benzene rings is 3. The first-order valence-electron chi connectivity index (χ1n) is 9.73. The van der Waals surface area contributed by atoms with E-state index < -0.39 is 0 Å². The van der Waals surface area contributed by atoms with Crippen LogP contribution >= 0.6 is 11.6 Å². The topological polar surface area (TPSA) is 76.7 Å². The highest BCUT2D eigenvalue weighted by molar-refractivity contribution is 6.30. The van der Waals surface area contributed by atoms with E-state index in [0.717, 1.165) is 5.56 Å². The summed E-state index contributed by atoms with van der Waals surface area (Å²) < 4.78 is 10.6. The summed E-state index contributed by atoms with van der Waals surface area (Å²) in [5, 5.41) is 6.29. The molecule has 7 heteroatoms. The SMILES string of the molecule is COc1cccc(NC(=O)COc2ccc(C(=O)NCCc3cccc(Cl)c3)cc2)c1. The Bertz CT molecular complexity index is 1040. The van der Waals surface area contributed by atoms with Crippen LogP contribution in [0.5, 0.6) is 11.5 Å². The van der Waals surface area contributed by atoms with Crippen molar-refractivity contribution < 1.29 is 19.1 Å². The van der Waals surface area contributed by atoms with Crippen molar-refractivity contribution in [3.05, 3.63) is 88.9 Å². The molecule has 31 heavy (non-hydrogen) atoms. The molecule has 3 aromatic rings. The first kappa shape index (κ1) is 22.2. The molecule has 3 rings (SSSR count). The second kappa shape index (κ2) is 11.0. The molecular formula is C24H23ClN2O4. The van der Waals surface area contributed by atoms with Crippen LogP contribution in [0.4, 0.5) is 5.69 Å². The van der Waals surface area contributed by atoms with E-state index in [2.05, 4.69) is 10.6 Å². The molecule has 0 aliphatic carbocycles.